The maximum Gasteiger partial charge on any atom is 0.191 e. The van der Waals surface area contributed by atoms with E-state index < -0.39 is 13.9 Å². The van der Waals surface area contributed by atoms with Gasteiger partial charge in [0.05, 0.1) is 20.3 Å². The zero-order valence-corrected chi connectivity index (χ0v) is 26.6. The number of rotatable bonds is 10. The maximum atomic E-state index is 11.8. The Morgan fingerprint density at radius 1 is 1.08 bits per heavy atom. The van der Waals surface area contributed by atoms with Gasteiger partial charge in [-0.1, -0.05) is 77.7 Å². The molecule has 2 bridgehead atoms. The van der Waals surface area contributed by atoms with Gasteiger partial charge in [-0.05, 0) is 79.3 Å². The number of benzene rings is 1. The van der Waals surface area contributed by atoms with Crippen molar-refractivity contribution in [3.63, 3.8) is 0 Å². The van der Waals surface area contributed by atoms with Crippen LogP contribution in [0.2, 0.25) is 18.1 Å². The lowest BCUT2D eigenvalue weighted by atomic mass is 9.51. The molecule has 1 aromatic carbocycles. The Hall–Kier alpha value is -1.58. The van der Waals surface area contributed by atoms with Gasteiger partial charge in [-0.15, -0.1) is 0 Å². The first kappa shape index (κ1) is 31.0. The minimum atomic E-state index is -1.81. The van der Waals surface area contributed by atoms with Crippen LogP contribution < -0.4 is 4.74 Å². The molecule has 4 nitrogen and oxygen atoms in total. The van der Waals surface area contributed by atoms with Gasteiger partial charge in [0.1, 0.15) is 11.4 Å². The molecule has 3 aliphatic rings. The number of methoxy groups -OCH3 is 1. The van der Waals surface area contributed by atoms with Gasteiger partial charge in [0.25, 0.3) is 0 Å². The molecule has 0 spiro atoms. The quantitative estimate of drug-likeness (QED) is 0.190. The fraction of sp³-hybridized carbons (Fsp3) is 0.697. The monoisotopic (exact) mass is 540 g/mol. The van der Waals surface area contributed by atoms with Gasteiger partial charge < -0.3 is 19.0 Å². The van der Waals surface area contributed by atoms with Crippen molar-refractivity contribution in [2.45, 2.75) is 91.6 Å². The van der Waals surface area contributed by atoms with E-state index in [9.17, 15) is 5.11 Å². The van der Waals surface area contributed by atoms with Gasteiger partial charge in [-0.25, -0.2) is 0 Å². The Morgan fingerprint density at radius 3 is 2.29 bits per heavy atom. The van der Waals surface area contributed by atoms with E-state index in [0.717, 1.165) is 24.3 Å². The highest BCUT2D eigenvalue weighted by Crippen LogP contribution is 2.57. The van der Waals surface area contributed by atoms with Crippen LogP contribution in [0.25, 0.3) is 0 Å². The van der Waals surface area contributed by atoms with Crippen LogP contribution in [-0.4, -0.2) is 39.3 Å². The molecule has 0 amide bonds. The molecule has 3 aliphatic carbocycles. The minimum absolute atomic E-state index is 0.0440. The predicted molar refractivity (Wildman–Crippen MR) is 159 cm³/mol. The molecule has 1 aromatic rings. The van der Waals surface area contributed by atoms with E-state index in [1.54, 1.807) is 7.11 Å². The lowest BCUT2D eigenvalue weighted by Gasteiger charge is -2.55. The molecule has 1 saturated carbocycles. The number of hydrogen-bond donors (Lipinski definition) is 1. The van der Waals surface area contributed by atoms with Crippen LogP contribution in [0.3, 0.4) is 0 Å². The Labute approximate surface area is 233 Å². The average molecular weight is 541 g/mol. The lowest BCUT2D eigenvalue weighted by molar-refractivity contribution is -0.0930. The summed E-state index contributed by atoms with van der Waals surface area (Å²) in [6.07, 6.45) is 6.24. The number of aliphatic hydroxyl groups is 1. The maximum absolute atomic E-state index is 11.8. The minimum Gasteiger partial charge on any atom is -0.497 e. The second kappa shape index (κ2) is 11.9. The second-order valence-corrected chi connectivity index (χ2v) is 18.7. The Balaban J connectivity index is 1.63. The van der Waals surface area contributed by atoms with Gasteiger partial charge in [0.15, 0.2) is 8.32 Å². The van der Waals surface area contributed by atoms with E-state index in [1.165, 1.54) is 0 Å². The van der Waals surface area contributed by atoms with Crippen LogP contribution in [0, 0.1) is 46.8 Å². The number of allylic oxidation sites excluding steroid dienone is 1. The number of ether oxygens (including phenoxy) is 2. The summed E-state index contributed by atoms with van der Waals surface area (Å²) in [5, 5.41) is 12.0. The highest BCUT2D eigenvalue weighted by molar-refractivity contribution is 6.74. The molecule has 4 rings (SSSR count). The molecule has 1 N–H and O–H groups in total. The normalized spacial score (nSPS) is 28.6. The smallest absolute Gasteiger partial charge is 0.191 e. The second-order valence-electron chi connectivity index (χ2n) is 13.9. The van der Waals surface area contributed by atoms with Crippen LogP contribution in [0.15, 0.2) is 36.4 Å². The van der Waals surface area contributed by atoms with Crippen molar-refractivity contribution in [1.29, 1.82) is 0 Å². The van der Waals surface area contributed by atoms with Crippen molar-refractivity contribution >= 4 is 8.32 Å². The first-order valence-corrected chi connectivity index (χ1v) is 17.3. The van der Waals surface area contributed by atoms with Gasteiger partial charge >= 0.3 is 0 Å². The molecule has 1 fully saturated rings. The van der Waals surface area contributed by atoms with E-state index in [-0.39, 0.29) is 16.4 Å². The first-order valence-electron chi connectivity index (χ1n) is 14.4. The third-order valence-corrected chi connectivity index (χ3v) is 14.1. The van der Waals surface area contributed by atoms with Gasteiger partial charge in [0.2, 0.25) is 0 Å². The molecule has 0 aliphatic heterocycles. The predicted octanol–water partition coefficient (Wildman–Crippen LogP) is 7.48. The van der Waals surface area contributed by atoms with Crippen LogP contribution in [0.5, 0.6) is 5.75 Å². The third kappa shape index (κ3) is 6.94. The Morgan fingerprint density at radius 2 is 1.74 bits per heavy atom. The largest absolute Gasteiger partial charge is 0.497 e. The SMILES string of the molecule is COc1ccc(COC[C@@H](C)C#C[C@@]2(O)C[C@H]3C=C[C@]2(C)C[C@H]3[C@H](CO[Si](C)(C)C(C)(C)C)C(C)C)cc1. The average Bonchev–Trinajstić information content (AvgIpc) is 2.83. The summed E-state index contributed by atoms with van der Waals surface area (Å²) in [5.74, 6) is 9.39. The molecule has 0 saturated heterocycles. The molecular formula is C33H52O4Si. The summed E-state index contributed by atoms with van der Waals surface area (Å²) in [5.41, 5.74) is -0.252. The van der Waals surface area contributed by atoms with Crippen molar-refractivity contribution in [3.8, 4) is 17.6 Å². The van der Waals surface area contributed by atoms with E-state index in [2.05, 4.69) is 85.6 Å². The van der Waals surface area contributed by atoms with E-state index in [4.69, 9.17) is 13.9 Å². The Kier molecular flexibility index (Phi) is 9.68. The summed E-state index contributed by atoms with van der Waals surface area (Å²) in [6.45, 7) is 22.4. The van der Waals surface area contributed by atoms with Crippen molar-refractivity contribution < 1.29 is 19.0 Å². The molecule has 0 heterocycles. The number of fused-ring (bicyclic) bond motifs is 2. The zero-order valence-electron chi connectivity index (χ0n) is 25.6. The fourth-order valence-corrected chi connectivity index (χ4v) is 6.68. The molecule has 0 radical (unpaired) electrons. The summed E-state index contributed by atoms with van der Waals surface area (Å²) in [4.78, 5) is 0. The van der Waals surface area contributed by atoms with Gasteiger partial charge in [-0.2, -0.15) is 0 Å². The van der Waals surface area contributed by atoms with Crippen molar-refractivity contribution in [2.75, 3.05) is 20.3 Å². The van der Waals surface area contributed by atoms with E-state index >= 15 is 0 Å². The molecule has 5 heteroatoms. The van der Waals surface area contributed by atoms with Crippen LogP contribution >= 0.6 is 0 Å². The molecule has 0 aromatic heterocycles. The summed E-state index contributed by atoms with van der Waals surface area (Å²) >= 11 is 0. The fourth-order valence-electron chi connectivity index (χ4n) is 5.64. The van der Waals surface area contributed by atoms with Crippen molar-refractivity contribution in [1.82, 2.24) is 0 Å². The van der Waals surface area contributed by atoms with E-state index in [1.807, 2.05) is 24.3 Å². The van der Waals surface area contributed by atoms with Crippen LogP contribution in [-0.2, 0) is 15.8 Å². The zero-order chi connectivity index (χ0) is 28.4. The highest BCUT2D eigenvalue weighted by Gasteiger charge is 2.56. The summed E-state index contributed by atoms with van der Waals surface area (Å²) < 4.78 is 17.9. The van der Waals surface area contributed by atoms with Crippen LogP contribution in [0.1, 0.15) is 66.9 Å². The lowest BCUT2D eigenvalue weighted by Crippen LogP contribution is -2.56. The van der Waals surface area contributed by atoms with E-state index in [0.29, 0.717) is 43.3 Å². The molecule has 6 atom stereocenters. The molecular weight excluding hydrogens is 488 g/mol. The van der Waals surface area contributed by atoms with Crippen molar-refractivity contribution in [2.24, 2.45) is 35.0 Å². The van der Waals surface area contributed by atoms with Gasteiger partial charge in [0, 0.05) is 17.9 Å². The van der Waals surface area contributed by atoms with Crippen molar-refractivity contribution in [3.05, 3.63) is 42.0 Å². The topological polar surface area (TPSA) is 47.9 Å². The first-order chi connectivity index (χ1) is 17.6. The number of hydrogen-bond acceptors (Lipinski definition) is 4. The molecule has 38 heavy (non-hydrogen) atoms. The summed E-state index contributed by atoms with van der Waals surface area (Å²) in [7, 11) is -0.147. The standard InChI is InChI=1S/C33H52O4Si/c1-24(2)30(23-37-38(9,10)31(4,5)6)29-20-32(7)17-16-27(29)19-33(32,34)18-15-25(3)21-36-22-26-11-13-28(35-8)14-12-26/h11-14,16-17,24-25,27,29-30,34H,19-23H2,1-10H3/t25-,27+,29+,30+,32+,33+/m0/s1. The third-order valence-electron chi connectivity index (χ3n) is 9.57. The summed E-state index contributed by atoms with van der Waals surface area (Å²) in [6, 6.07) is 7.92. The Bertz CT molecular complexity index is 1010. The van der Waals surface area contributed by atoms with Crippen LogP contribution in [0.4, 0.5) is 0 Å². The molecule has 0 unspecified atom stereocenters. The highest BCUT2D eigenvalue weighted by atomic mass is 28.4. The molecule has 212 valence electrons. The van der Waals surface area contributed by atoms with Gasteiger partial charge in [-0.3, -0.25) is 0 Å².